The summed E-state index contributed by atoms with van der Waals surface area (Å²) in [5.74, 6) is 0. The Hall–Kier alpha value is -1.40. The van der Waals surface area contributed by atoms with Crippen LogP contribution < -0.4 is 4.72 Å². The van der Waals surface area contributed by atoms with E-state index >= 15 is 0 Å². The lowest BCUT2D eigenvalue weighted by Crippen LogP contribution is -2.30. The van der Waals surface area contributed by atoms with Crippen LogP contribution in [0.5, 0.6) is 0 Å². The SMILES string of the molecule is COC(CNS(=O)(=O)c1c(C)cc(C)cc1C)c1ccccc1Cl. The van der Waals surface area contributed by atoms with Crippen LogP contribution in [0.25, 0.3) is 0 Å². The van der Waals surface area contributed by atoms with Crippen molar-refractivity contribution in [3.8, 4) is 0 Å². The topological polar surface area (TPSA) is 55.4 Å². The second-order valence-electron chi connectivity index (χ2n) is 5.83. The number of halogens is 1. The minimum atomic E-state index is -3.64. The molecule has 0 spiro atoms. The van der Waals surface area contributed by atoms with E-state index in [2.05, 4.69) is 4.72 Å². The van der Waals surface area contributed by atoms with Crippen LogP contribution in [0.15, 0.2) is 41.3 Å². The van der Waals surface area contributed by atoms with Gasteiger partial charge in [-0.05, 0) is 38.0 Å². The standard InChI is InChI=1S/C18H22ClNO3S/c1-12-9-13(2)18(14(3)10-12)24(21,22)20-11-17(23-4)15-7-5-6-8-16(15)19/h5-10,17,20H,11H2,1-4H3. The molecule has 1 atom stereocenters. The predicted octanol–water partition coefficient (Wildman–Crippen LogP) is 3.93. The average Bonchev–Trinajstić information content (AvgIpc) is 2.48. The molecule has 4 nitrogen and oxygen atoms in total. The molecule has 2 aromatic carbocycles. The van der Waals surface area contributed by atoms with Gasteiger partial charge in [-0.15, -0.1) is 0 Å². The Bertz CT molecular complexity index is 811. The van der Waals surface area contributed by atoms with Gasteiger partial charge in [-0.1, -0.05) is 47.5 Å². The van der Waals surface area contributed by atoms with Crippen LogP contribution in [-0.2, 0) is 14.8 Å². The van der Waals surface area contributed by atoms with Crippen molar-refractivity contribution in [1.82, 2.24) is 4.72 Å². The molecule has 2 rings (SSSR count). The van der Waals surface area contributed by atoms with Gasteiger partial charge < -0.3 is 4.74 Å². The van der Waals surface area contributed by atoms with Gasteiger partial charge in [0.1, 0.15) is 0 Å². The molecule has 0 amide bonds. The van der Waals surface area contributed by atoms with Gasteiger partial charge in [0.05, 0.1) is 11.0 Å². The van der Waals surface area contributed by atoms with Gasteiger partial charge in [0.15, 0.2) is 0 Å². The fourth-order valence-corrected chi connectivity index (χ4v) is 4.64. The summed E-state index contributed by atoms with van der Waals surface area (Å²) in [4.78, 5) is 0.321. The number of hydrogen-bond acceptors (Lipinski definition) is 3. The molecule has 1 unspecified atom stereocenters. The molecule has 0 saturated heterocycles. The Morgan fingerprint density at radius 1 is 1.12 bits per heavy atom. The van der Waals surface area contributed by atoms with Crippen LogP contribution >= 0.6 is 11.6 Å². The first-order valence-corrected chi connectivity index (χ1v) is 9.47. The summed E-state index contributed by atoms with van der Waals surface area (Å²) in [6.45, 7) is 5.66. The molecule has 0 heterocycles. The van der Waals surface area contributed by atoms with E-state index in [1.807, 2.05) is 37.3 Å². The van der Waals surface area contributed by atoms with Gasteiger partial charge in [0.25, 0.3) is 0 Å². The summed E-state index contributed by atoms with van der Waals surface area (Å²) in [5, 5.41) is 0.547. The molecule has 0 radical (unpaired) electrons. The first-order chi connectivity index (χ1) is 11.3. The van der Waals surface area contributed by atoms with E-state index in [1.54, 1.807) is 19.9 Å². The van der Waals surface area contributed by atoms with Crippen LogP contribution in [-0.4, -0.2) is 22.1 Å². The molecule has 130 valence electrons. The molecular weight excluding hydrogens is 346 g/mol. The molecule has 0 aromatic heterocycles. The van der Waals surface area contributed by atoms with Crippen LogP contribution in [0.4, 0.5) is 0 Å². The second-order valence-corrected chi connectivity index (χ2v) is 7.94. The Kier molecular flexibility index (Phi) is 6.04. The molecule has 0 fully saturated rings. The number of rotatable bonds is 6. The highest BCUT2D eigenvalue weighted by Crippen LogP contribution is 2.26. The molecule has 24 heavy (non-hydrogen) atoms. The van der Waals surface area contributed by atoms with E-state index in [9.17, 15) is 8.42 Å². The van der Waals surface area contributed by atoms with Crippen molar-refractivity contribution in [2.75, 3.05) is 13.7 Å². The summed E-state index contributed by atoms with van der Waals surface area (Å²) < 4.78 is 33.5. The lowest BCUT2D eigenvalue weighted by atomic mass is 10.1. The van der Waals surface area contributed by atoms with E-state index in [4.69, 9.17) is 16.3 Å². The van der Waals surface area contributed by atoms with E-state index in [1.165, 1.54) is 7.11 Å². The lowest BCUT2D eigenvalue weighted by Gasteiger charge is -2.19. The van der Waals surface area contributed by atoms with E-state index < -0.39 is 16.1 Å². The van der Waals surface area contributed by atoms with Crippen LogP contribution in [0.1, 0.15) is 28.4 Å². The lowest BCUT2D eigenvalue weighted by molar-refractivity contribution is 0.107. The Balaban J connectivity index is 2.26. The molecule has 0 aliphatic carbocycles. The van der Waals surface area contributed by atoms with Crippen molar-refractivity contribution < 1.29 is 13.2 Å². The van der Waals surface area contributed by atoms with Gasteiger partial charge in [-0.25, -0.2) is 13.1 Å². The predicted molar refractivity (Wildman–Crippen MR) is 97.0 cm³/mol. The smallest absolute Gasteiger partial charge is 0.241 e. The number of hydrogen-bond donors (Lipinski definition) is 1. The molecule has 0 aliphatic rings. The van der Waals surface area contributed by atoms with Gasteiger partial charge in [-0.3, -0.25) is 0 Å². The molecule has 1 N–H and O–H groups in total. The minimum absolute atomic E-state index is 0.106. The van der Waals surface area contributed by atoms with Crippen LogP contribution in [0.3, 0.4) is 0 Å². The van der Waals surface area contributed by atoms with E-state index in [0.717, 1.165) is 22.3 Å². The summed E-state index contributed by atoms with van der Waals surface area (Å²) in [6, 6.07) is 11.0. The number of sulfonamides is 1. The highest BCUT2D eigenvalue weighted by molar-refractivity contribution is 7.89. The van der Waals surface area contributed by atoms with Crippen molar-refractivity contribution in [3.05, 3.63) is 63.7 Å². The van der Waals surface area contributed by atoms with Gasteiger partial charge in [-0.2, -0.15) is 0 Å². The number of benzene rings is 2. The normalized spacial score (nSPS) is 13.0. The molecule has 2 aromatic rings. The van der Waals surface area contributed by atoms with Crippen LogP contribution in [0.2, 0.25) is 5.02 Å². The number of ether oxygens (including phenoxy) is 1. The fourth-order valence-electron chi connectivity index (χ4n) is 2.90. The highest BCUT2D eigenvalue weighted by Gasteiger charge is 2.22. The Morgan fingerprint density at radius 2 is 1.71 bits per heavy atom. The first kappa shape index (κ1) is 18.9. The molecule has 6 heteroatoms. The van der Waals surface area contributed by atoms with E-state index in [-0.39, 0.29) is 6.54 Å². The summed E-state index contributed by atoms with van der Waals surface area (Å²) in [7, 11) is -2.11. The van der Waals surface area contributed by atoms with Crippen molar-refractivity contribution in [3.63, 3.8) is 0 Å². The third-order valence-electron chi connectivity index (χ3n) is 3.87. The third kappa shape index (κ3) is 4.16. The number of aryl methyl sites for hydroxylation is 3. The average molecular weight is 368 g/mol. The van der Waals surface area contributed by atoms with Crippen LogP contribution in [0, 0.1) is 20.8 Å². The first-order valence-electron chi connectivity index (χ1n) is 7.61. The zero-order valence-electron chi connectivity index (χ0n) is 14.3. The number of methoxy groups -OCH3 is 1. The zero-order valence-corrected chi connectivity index (χ0v) is 15.8. The molecule has 0 aliphatic heterocycles. The van der Waals surface area contributed by atoms with Crippen molar-refractivity contribution in [1.29, 1.82) is 0 Å². The number of nitrogens with one attached hydrogen (secondary N) is 1. The quantitative estimate of drug-likeness (QED) is 0.841. The maximum absolute atomic E-state index is 12.7. The largest absolute Gasteiger partial charge is 0.375 e. The van der Waals surface area contributed by atoms with Crippen molar-refractivity contribution in [2.24, 2.45) is 0 Å². The molecule has 0 saturated carbocycles. The minimum Gasteiger partial charge on any atom is -0.375 e. The van der Waals surface area contributed by atoms with E-state index in [0.29, 0.717) is 9.92 Å². The maximum Gasteiger partial charge on any atom is 0.241 e. The summed E-state index contributed by atoms with van der Waals surface area (Å²) in [5.41, 5.74) is 3.25. The Morgan fingerprint density at radius 3 is 2.25 bits per heavy atom. The van der Waals surface area contributed by atoms with Crippen molar-refractivity contribution in [2.45, 2.75) is 31.8 Å². The Labute approximate surface area is 148 Å². The van der Waals surface area contributed by atoms with Gasteiger partial charge in [0, 0.05) is 24.2 Å². The van der Waals surface area contributed by atoms with Crippen molar-refractivity contribution >= 4 is 21.6 Å². The zero-order chi connectivity index (χ0) is 17.9. The maximum atomic E-state index is 12.7. The highest BCUT2D eigenvalue weighted by atomic mass is 35.5. The summed E-state index contributed by atoms with van der Waals surface area (Å²) >= 11 is 6.18. The molecule has 0 bridgehead atoms. The molecular formula is C18H22ClNO3S. The summed E-state index contributed by atoms with van der Waals surface area (Å²) in [6.07, 6.45) is -0.459. The van der Waals surface area contributed by atoms with Gasteiger partial charge >= 0.3 is 0 Å². The monoisotopic (exact) mass is 367 g/mol. The fraction of sp³-hybridized carbons (Fsp3) is 0.333. The second kappa shape index (κ2) is 7.66. The third-order valence-corrected chi connectivity index (χ3v) is 5.94. The van der Waals surface area contributed by atoms with Gasteiger partial charge in [0.2, 0.25) is 10.0 Å².